The van der Waals surface area contributed by atoms with Gasteiger partial charge in [-0.3, -0.25) is 9.59 Å². The molecule has 2 heterocycles. The first-order chi connectivity index (χ1) is 17.7. The van der Waals surface area contributed by atoms with Gasteiger partial charge in [0.15, 0.2) is 17.2 Å². The van der Waals surface area contributed by atoms with Gasteiger partial charge in [-0.15, -0.1) is 11.3 Å². The SMILES string of the molecule is CC(C)c1cccc(C(C)C)c1-c1nc2c(cc(C=C3C(=O)c4cc5ccccc5cc4C3=O)n2C)s1. The predicted molar refractivity (Wildman–Crippen MR) is 153 cm³/mol. The summed E-state index contributed by atoms with van der Waals surface area (Å²) in [6, 6.07) is 20.1. The first-order valence-electron chi connectivity index (χ1n) is 12.7. The maximum absolute atomic E-state index is 13.3. The Hall–Kier alpha value is -3.83. The van der Waals surface area contributed by atoms with E-state index in [9.17, 15) is 9.59 Å². The maximum atomic E-state index is 13.3. The van der Waals surface area contributed by atoms with Gasteiger partial charge in [0.25, 0.3) is 0 Å². The Morgan fingerprint density at radius 2 is 1.38 bits per heavy atom. The van der Waals surface area contributed by atoms with Crippen molar-refractivity contribution in [3.05, 3.63) is 94.2 Å². The second-order valence-electron chi connectivity index (χ2n) is 10.4. The van der Waals surface area contributed by atoms with E-state index in [1.807, 2.05) is 54.1 Å². The quantitative estimate of drug-likeness (QED) is 0.183. The number of rotatable bonds is 4. The van der Waals surface area contributed by atoms with Crippen LogP contribution in [0.3, 0.4) is 0 Å². The van der Waals surface area contributed by atoms with Crippen molar-refractivity contribution in [2.24, 2.45) is 7.05 Å². The van der Waals surface area contributed by atoms with Crippen LogP contribution >= 0.6 is 11.3 Å². The van der Waals surface area contributed by atoms with E-state index in [1.54, 1.807) is 17.4 Å². The Kier molecular flexibility index (Phi) is 5.50. The number of carbonyl (C=O) groups excluding carboxylic acids is 2. The summed E-state index contributed by atoms with van der Waals surface area (Å²) in [5.74, 6) is 0.352. The van der Waals surface area contributed by atoms with Crippen LogP contribution in [0.1, 0.15) is 77.1 Å². The number of allylic oxidation sites excluding steroid dienone is 1. The van der Waals surface area contributed by atoms with Gasteiger partial charge in [-0.2, -0.15) is 0 Å². The summed E-state index contributed by atoms with van der Waals surface area (Å²) in [4.78, 5) is 31.6. The minimum atomic E-state index is -0.212. The Morgan fingerprint density at radius 3 is 1.89 bits per heavy atom. The number of Topliss-reactive ketones (excluding diaryl/α,β-unsaturated/α-hetero) is 2. The average molecular weight is 505 g/mol. The molecule has 4 nitrogen and oxygen atoms in total. The molecular formula is C32H28N2O2S. The number of carbonyl (C=O) groups is 2. The maximum Gasteiger partial charge on any atom is 0.197 e. The van der Waals surface area contributed by atoms with Crippen LogP contribution in [0, 0.1) is 0 Å². The van der Waals surface area contributed by atoms with Crippen molar-refractivity contribution < 1.29 is 9.59 Å². The number of hydrogen-bond donors (Lipinski definition) is 0. The lowest BCUT2D eigenvalue weighted by atomic mass is 9.89. The van der Waals surface area contributed by atoms with Gasteiger partial charge >= 0.3 is 0 Å². The standard InChI is InChI=1S/C32H28N2O2S/c1-17(2)22-11-8-12-23(18(3)4)28(22)32-33-31-27(37-32)16-21(34(31)5)15-26-29(35)24-13-19-9-6-7-10-20(19)14-25(24)30(26)36/h6-18H,1-5H3. The van der Waals surface area contributed by atoms with Gasteiger partial charge in [-0.1, -0.05) is 70.2 Å². The Labute approximate surface area is 220 Å². The Morgan fingerprint density at radius 1 is 0.811 bits per heavy atom. The molecule has 0 atom stereocenters. The van der Waals surface area contributed by atoms with E-state index in [1.165, 1.54) is 16.7 Å². The minimum absolute atomic E-state index is 0.212. The molecule has 1 aliphatic carbocycles. The second-order valence-corrected chi connectivity index (χ2v) is 11.4. The number of aryl methyl sites for hydroxylation is 1. The fourth-order valence-electron chi connectivity index (χ4n) is 5.34. The number of benzene rings is 3. The first-order valence-corrected chi connectivity index (χ1v) is 13.5. The van der Waals surface area contributed by atoms with E-state index < -0.39 is 0 Å². The van der Waals surface area contributed by atoms with E-state index in [-0.39, 0.29) is 17.1 Å². The smallest absolute Gasteiger partial charge is 0.197 e. The van der Waals surface area contributed by atoms with Gasteiger partial charge in [0.2, 0.25) is 0 Å². The first kappa shape index (κ1) is 23.6. The van der Waals surface area contributed by atoms with Crippen molar-refractivity contribution in [1.82, 2.24) is 9.55 Å². The number of hydrogen-bond acceptors (Lipinski definition) is 4. The van der Waals surface area contributed by atoms with Gasteiger partial charge in [-0.25, -0.2) is 4.98 Å². The lowest BCUT2D eigenvalue weighted by molar-refractivity contribution is 0.0990. The molecular weight excluding hydrogens is 476 g/mol. The second kappa shape index (κ2) is 8.63. The third kappa shape index (κ3) is 3.68. The molecule has 2 aromatic heterocycles. The van der Waals surface area contributed by atoms with Crippen LogP contribution in [0.25, 0.3) is 37.8 Å². The van der Waals surface area contributed by atoms with Crippen LogP contribution in [0.2, 0.25) is 0 Å². The highest BCUT2D eigenvalue weighted by Gasteiger charge is 2.34. The van der Waals surface area contributed by atoms with Crippen LogP contribution in [-0.4, -0.2) is 21.1 Å². The van der Waals surface area contributed by atoms with E-state index in [0.717, 1.165) is 31.8 Å². The molecule has 0 spiro atoms. The van der Waals surface area contributed by atoms with Gasteiger partial charge in [0, 0.05) is 29.4 Å². The monoisotopic (exact) mass is 504 g/mol. The number of aromatic nitrogens is 2. The molecule has 0 unspecified atom stereocenters. The normalized spacial score (nSPS) is 13.5. The molecule has 6 rings (SSSR count). The molecule has 37 heavy (non-hydrogen) atoms. The zero-order chi connectivity index (χ0) is 26.0. The third-order valence-corrected chi connectivity index (χ3v) is 8.37. The summed E-state index contributed by atoms with van der Waals surface area (Å²) >= 11 is 1.67. The van der Waals surface area contributed by atoms with Crippen molar-refractivity contribution in [1.29, 1.82) is 0 Å². The van der Waals surface area contributed by atoms with E-state index >= 15 is 0 Å². The molecule has 0 fully saturated rings. The Bertz CT molecular complexity index is 1700. The third-order valence-electron chi connectivity index (χ3n) is 7.36. The van der Waals surface area contributed by atoms with Crippen LogP contribution in [-0.2, 0) is 7.05 Å². The molecule has 0 N–H and O–H groups in total. The van der Waals surface area contributed by atoms with Crippen LogP contribution in [0.5, 0.6) is 0 Å². The lowest BCUT2D eigenvalue weighted by Crippen LogP contribution is -2.02. The highest BCUT2D eigenvalue weighted by Crippen LogP contribution is 2.41. The molecule has 0 aliphatic heterocycles. The summed E-state index contributed by atoms with van der Waals surface area (Å²) in [6.07, 6.45) is 1.73. The fourth-order valence-corrected chi connectivity index (χ4v) is 6.48. The van der Waals surface area contributed by atoms with Crippen molar-refractivity contribution >= 4 is 50.1 Å². The topological polar surface area (TPSA) is 52.0 Å². The molecule has 5 aromatic rings. The van der Waals surface area contributed by atoms with Crippen LogP contribution in [0.4, 0.5) is 0 Å². The van der Waals surface area contributed by atoms with Gasteiger partial charge < -0.3 is 4.57 Å². The van der Waals surface area contributed by atoms with Crippen molar-refractivity contribution in [2.45, 2.75) is 39.5 Å². The largest absolute Gasteiger partial charge is 0.328 e. The molecule has 3 aromatic carbocycles. The molecule has 0 radical (unpaired) electrons. The van der Waals surface area contributed by atoms with E-state index in [0.29, 0.717) is 23.0 Å². The number of thiazole rings is 1. The number of fused-ring (bicyclic) bond motifs is 3. The lowest BCUT2D eigenvalue weighted by Gasteiger charge is -2.17. The number of ketones is 2. The zero-order valence-corrected chi connectivity index (χ0v) is 22.4. The van der Waals surface area contributed by atoms with Crippen molar-refractivity contribution in [3.63, 3.8) is 0 Å². The minimum Gasteiger partial charge on any atom is -0.328 e. The van der Waals surface area contributed by atoms with Gasteiger partial charge in [0.1, 0.15) is 5.01 Å². The van der Waals surface area contributed by atoms with Gasteiger partial charge in [-0.05, 0) is 58.0 Å². The van der Waals surface area contributed by atoms with Crippen molar-refractivity contribution in [2.75, 3.05) is 0 Å². The zero-order valence-electron chi connectivity index (χ0n) is 21.6. The average Bonchev–Trinajstić information content (AvgIpc) is 3.50. The fraction of sp³-hybridized carbons (Fsp3) is 0.219. The highest BCUT2D eigenvalue weighted by molar-refractivity contribution is 7.21. The summed E-state index contributed by atoms with van der Waals surface area (Å²) < 4.78 is 3.02. The van der Waals surface area contributed by atoms with Crippen LogP contribution in [0.15, 0.2) is 66.2 Å². The van der Waals surface area contributed by atoms with Crippen molar-refractivity contribution in [3.8, 4) is 10.6 Å². The van der Waals surface area contributed by atoms with Gasteiger partial charge in [0.05, 0.1) is 10.3 Å². The summed E-state index contributed by atoms with van der Waals surface area (Å²) in [5.41, 5.74) is 6.69. The van der Waals surface area contributed by atoms with E-state index in [4.69, 9.17) is 4.98 Å². The van der Waals surface area contributed by atoms with Crippen LogP contribution < -0.4 is 0 Å². The molecule has 1 aliphatic rings. The molecule has 0 saturated carbocycles. The number of nitrogens with zero attached hydrogens (tertiary/aromatic N) is 2. The summed E-state index contributed by atoms with van der Waals surface area (Å²) in [6.45, 7) is 8.88. The summed E-state index contributed by atoms with van der Waals surface area (Å²) in [7, 11) is 1.95. The predicted octanol–water partition coefficient (Wildman–Crippen LogP) is 8.16. The molecule has 0 amide bonds. The molecule has 5 heteroatoms. The van der Waals surface area contributed by atoms with E-state index in [2.05, 4.69) is 45.9 Å². The molecule has 0 bridgehead atoms. The molecule has 184 valence electrons. The molecule has 0 saturated heterocycles. The Balaban J connectivity index is 1.43. The summed E-state index contributed by atoms with van der Waals surface area (Å²) in [5, 5.41) is 2.93. The highest BCUT2D eigenvalue weighted by atomic mass is 32.1.